The maximum Gasteiger partial charge on any atom is 0.316 e. The molecule has 0 N–H and O–H groups in total. The molecule has 10 nitrogen and oxygen atoms in total. The molecule has 1 aliphatic rings. The molecule has 4 heterocycles. The van der Waals surface area contributed by atoms with Crippen LogP contribution in [0.2, 0.25) is 0 Å². The lowest BCUT2D eigenvalue weighted by molar-refractivity contribution is 0.0579. The number of benzene rings is 1. The molecule has 0 bridgehead atoms. The minimum absolute atomic E-state index is 0.0382. The quantitative estimate of drug-likeness (QED) is 0.473. The van der Waals surface area contributed by atoms with Crippen molar-refractivity contribution in [2.45, 2.75) is 18.9 Å². The lowest BCUT2D eigenvalue weighted by atomic mass is 10.1. The van der Waals surface area contributed by atoms with E-state index in [2.05, 4.69) is 15.1 Å². The van der Waals surface area contributed by atoms with Gasteiger partial charge in [-0.15, -0.1) is 0 Å². The maximum absolute atomic E-state index is 13.0. The van der Waals surface area contributed by atoms with E-state index < -0.39 is 0 Å². The number of carbonyl (C=O) groups excluding carboxylic acids is 1. The van der Waals surface area contributed by atoms with Crippen molar-refractivity contribution in [3.05, 3.63) is 58.9 Å². The fourth-order valence-corrected chi connectivity index (χ4v) is 4.19. The Morgan fingerprint density at radius 2 is 1.73 bits per heavy atom. The Balaban J connectivity index is 1.21. The SMILES string of the molecule is Cn1cc(-c2cnc(OC3CCN(C(=O)c4ccc5c(=O)n(C)n(C)c5c4)CC3)nc2)cn1. The molecule has 5 rings (SSSR count). The molecule has 0 saturated carbocycles. The highest BCUT2D eigenvalue weighted by Crippen LogP contribution is 2.21. The van der Waals surface area contributed by atoms with Crippen molar-refractivity contribution < 1.29 is 9.53 Å². The summed E-state index contributed by atoms with van der Waals surface area (Å²) < 4.78 is 11.0. The molecule has 0 unspecified atom stereocenters. The predicted molar refractivity (Wildman–Crippen MR) is 122 cm³/mol. The predicted octanol–water partition coefficient (Wildman–Crippen LogP) is 1.75. The fourth-order valence-electron chi connectivity index (χ4n) is 4.19. The fraction of sp³-hybridized carbons (Fsp3) is 0.348. The minimum Gasteiger partial charge on any atom is -0.460 e. The molecular formula is C23H25N7O3. The van der Waals surface area contributed by atoms with Crippen LogP contribution in [0.15, 0.2) is 47.8 Å². The Kier molecular flexibility index (Phi) is 5.20. The lowest BCUT2D eigenvalue weighted by Gasteiger charge is -2.31. The lowest BCUT2D eigenvalue weighted by Crippen LogP contribution is -2.41. The second kappa shape index (κ2) is 8.19. The van der Waals surface area contributed by atoms with Gasteiger partial charge in [0, 0.05) is 82.4 Å². The first-order valence-corrected chi connectivity index (χ1v) is 10.8. The van der Waals surface area contributed by atoms with Gasteiger partial charge in [-0.2, -0.15) is 5.10 Å². The van der Waals surface area contributed by atoms with Crippen LogP contribution in [-0.4, -0.2) is 59.1 Å². The van der Waals surface area contributed by atoms with Crippen LogP contribution in [0.3, 0.4) is 0 Å². The smallest absolute Gasteiger partial charge is 0.316 e. The van der Waals surface area contributed by atoms with E-state index in [0.29, 0.717) is 42.9 Å². The summed E-state index contributed by atoms with van der Waals surface area (Å²) in [7, 11) is 5.39. The Bertz CT molecular complexity index is 1380. The van der Waals surface area contributed by atoms with E-state index in [1.807, 2.05) is 25.2 Å². The Labute approximate surface area is 190 Å². The monoisotopic (exact) mass is 447 g/mol. The summed E-state index contributed by atoms with van der Waals surface area (Å²) in [4.78, 5) is 35.8. The van der Waals surface area contributed by atoms with E-state index in [4.69, 9.17) is 4.74 Å². The highest BCUT2D eigenvalue weighted by Gasteiger charge is 2.26. The van der Waals surface area contributed by atoms with Crippen molar-refractivity contribution in [3.63, 3.8) is 0 Å². The third kappa shape index (κ3) is 3.88. The summed E-state index contributed by atoms with van der Waals surface area (Å²) in [6, 6.07) is 5.58. The first-order chi connectivity index (χ1) is 15.9. The highest BCUT2D eigenvalue weighted by molar-refractivity contribution is 5.97. The second-order valence-electron chi connectivity index (χ2n) is 8.35. The van der Waals surface area contributed by atoms with Crippen LogP contribution >= 0.6 is 0 Å². The van der Waals surface area contributed by atoms with Gasteiger partial charge in [-0.25, -0.2) is 9.97 Å². The Morgan fingerprint density at radius 3 is 2.39 bits per heavy atom. The Hall–Kier alpha value is -3.95. The number of aryl methyl sites for hydroxylation is 2. The van der Waals surface area contributed by atoms with Crippen molar-refractivity contribution in [2.75, 3.05) is 13.1 Å². The topological polar surface area (TPSA) is 100 Å². The van der Waals surface area contributed by atoms with E-state index in [1.165, 1.54) is 4.68 Å². The summed E-state index contributed by atoms with van der Waals surface area (Å²) >= 11 is 0. The number of hydrogen-bond acceptors (Lipinski definition) is 6. The van der Waals surface area contributed by atoms with Gasteiger partial charge in [0.25, 0.3) is 11.5 Å². The van der Waals surface area contributed by atoms with Gasteiger partial charge in [0.2, 0.25) is 0 Å². The largest absolute Gasteiger partial charge is 0.460 e. The number of carbonyl (C=O) groups is 1. The number of piperidine rings is 1. The molecule has 0 spiro atoms. The number of hydrogen-bond donors (Lipinski definition) is 0. The van der Waals surface area contributed by atoms with Crippen molar-refractivity contribution in [1.29, 1.82) is 0 Å². The van der Waals surface area contributed by atoms with Crippen LogP contribution in [0.1, 0.15) is 23.2 Å². The summed E-state index contributed by atoms with van der Waals surface area (Å²) in [6.45, 7) is 1.17. The normalized spacial score (nSPS) is 14.7. The molecule has 1 aliphatic heterocycles. The molecular weight excluding hydrogens is 422 g/mol. The second-order valence-corrected chi connectivity index (χ2v) is 8.35. The summed E-state index contributed by atoms with van der Waals surface area (Å²) in [5.41, 5.74) is 3.09. The van der Waals surface area contributed by atoms with Crippen molar-refractivity contribution in [2.24, 2.45) is 21.1 Å². The zero-order valence-electron chi connectivity index (χ0n) is 18.8. The molecule has 0 aliphatic carbocycles. The van der Waals surface area contributed by atoms with Crippen LogP contribution in [0.4, 0.5) is 0 Å². The van der Waals surface area contributed by atoms with E-state index in [1.54, 1.807) is 53.2 Å². The van der Waals surface area contributed by atoms with E-state index in [0.717, 1.165) is 16.6 Å². The van der Waals surface area contributed by atoms with Gasteiger partial charge in [0.1, 0.15) is 6.10 Å². The van der Waals surface area contributed by atoms with Crippen molar-refractivity contribution in [1.82, 2.24) is 34.0 Å². The van der Waals surface area contributed by atoms with E-state index >= 15 is 0 Å². The van der Waals surface area contributed by atoms with Crippen LogP contribution in [0, 0.1) is 0 Å². The molecule has 1 amide bonds. The Morgan fingerprint density at radius 1 is 1.00 bits per heavy atom. The molecule has 10 heteroatoms. The molecule has 1 aromatic carbocycles. The van der Waals surface area contributed by atoms with E-state index in [-0.39, 0.29) is 17.6 Å². The molecule has 3 aromatic heterocycles. The maximum atomic E-state index is 13.0. The zero-order valence-corrected chi connectivity index (χ0v) is 18.8. The van der Waals surface area contributed by atoms with Crippen molar-refractivity contribution >= 4 is 16.8 Å². The average Bonchev–Trinajstić information content (AvgIpc) is 3.37. The average molecular weight is 447 g/mol. The third-order valence-corrected chi connectivity index (χ3v) is 6.24. The standard InChI is InChI=1S/C23H25N7O3/c1-27-14-17(13-26-27)16-11-24-23(25-12-16)33-18-6-8-30(9-7-18)21(31)15-4-5-19-20(10-15)28(2)29(3)22(19)32/h4-5,10-14,18H,6-9H2,1-3H3. The molecule has 1 fully saturated rings. The van der Waals surface area contributed by atoms with Crippen LogP contribution in [-0.2, 0) is 21.1 Å². The number of fused-ring (bicyclic) bond motifs is 1. The van der Waals surface area contributed by atoms with Crippen LogP contribution in [0.5, 0.6) is 6.01 Å². The van der Waals surface area contributed by atoms with Gasteiger partial charge in [0.05, 0.1) is 17.1 Å². The molecule has 0 radical (unpaired) electrons. The van der Waals surface area contributed by atoms with Gasteiger partial charge in [-0.05, 0) is 18.2 Å². The van der Waals surface area contributed by atoms with Gasteiger partial charge < -0.3 is 9.64 Å². The van der Waals surface area contributed by atoms with Crippen LogP contribution < -0.4 is 10.3 Å². The number of likely N-dealkylation sites (tertiary alicyclic amines) is 1. The number of ether oxygens (including phenoxy) is 1. The summed E-state index contributed by atoms with van der Waals surface area (Å²) in [6.07, 6.45) is 8.48. The number of aromatic nitrogens is 6. The first kappa shape index (κ1) is 20.9. The highest BCUT2D eigenvalue weighted by atomic mass is 16.5. The summed E-state index contributed by atoms with van der Waals surface area (Å²) in [5, 5.41) is 4.77. The number of amides is 1. The van der Waals surface area contributed by atoms with Gasteiger partial charge >= 0.3 is 6.01 Å². The third-order valence-electron chi connectivity index (χ3n) is 6.24. The number of nitrogens with zero attached hydrogens (tertiary/aromatic N) is 7. The molecule has 33 heavy (non-hydrogen) atoms. The first-order valence-electron chi connectivity index (χ1n) is 10.8. The zero-order chi connectivity index (χ0) is 23.1. The molecule has 0 atom stereocenters. The van der Waals surface area contributed by atoms with E-state index in [9.17, 15) is 9.59 Å². The van der Waals surface area contributed by atoms with Gasteiger partial charge in [0.15, 0.2) is 0 Å². The van der Waals surface area contributed by atoms with Gasteiger partial charge in [-0.3, -0.25) is 23.6 Å². The number of rotatable bonds is 4. The molecule has 170 valence electrons. The summed E-state index contributed by atoms with van der Waals surface area (Å²) in [5.74, 6) is -0.0382. The molecule has 4 aromatic rings. The minimum atomic E-state index is -0.0693. The van der Waals surface area contributed by atoms with Crippen LogP contribution in [0.25, 0.3) is 22.0 Å². The molecule has 1 saturated heterocycles. The van der Waals surface area contributed by atoms with Gasteiger partial charge in [-0.1, -0.05) is 0 Å². The van der Waals surface area contributed by atoms with Crippen molar-refractivity contribution in [3.8, 4) is 17.1 Å².